The summed E-state index contributed by atoms with van der Waals surface area (Å²) in [6, 6.07) is 1.25. The van der Waals surface area contributed by atoms with Crippen LogP contribution in [-0.4, -0.2) is 23.0 Å². The van der Waals surface area contributed by atoms with Gasteiger partial charge in [0.15, 0.2) is 0 Å². The molecular formula is C14H16F3NO3. The molecule has 1 aromatic carbocycles. The minimum atomic E-state index is -2.84. The number of alkyl halides is 2. The second-order valence-corrected chi connectivity index (χ2v) is 4.71. The molecule has 1 rings (SSSR count). The number of carboxylic acids is 1. The molecule has 0 saturated heterocycles. The largest absolute Gasteiger partial charge is 0.480 e. The molecule has 0 heterocycles. The molecule has 0 radical (unpaired) electrons. The van der Waals surface area contributed by atoms with Gasteiger partial charge in [0.2, 0.25) is 0 Å². The van der Waals surface area contributed by atoms with E-state index in [-0.39, 0.29) is 5.92 Å². The molecule has 116 valence electrons. The quantitative estimate of drug-likeness (QED) is 0.849. The highest BCUT2D eigenvalue weighted by Crippen LogP contribution is 2.21. The fraction of sp³-hybridized carbons (Fsp3) is 0.429. The van der Waals surface area contributed by atoms with Gasteiger partial charge in [-0.2, -0.15) is 0 Å². The van der Waals surface area contributed by atoms with Crippen molar-refractivity contribution in [2.75, 3.05) is 0 Å². The number of hydrogen-bond acceptors (Lipinski definition) is 2. The molecule has 1 aromatic rings. The first kappa shape index (κ1) is 17.0. The average molecular weight is 303 g/mol. The van der Waals surface area contributed by atoms with Crippen molar-refractivity contribution in [1.29, 1.82) is 0 Å². The first-order chi connectivity index (χ1) is 9.77. The highest BCUT2D eigenvalue weighted by atomic mass is 19.3. The summed E-state index contributed by atoms with van der Waals surface area (Å²) in [5, 5.41) is 11.3. The van der Waals surface area contributed by atoms with E-state index in [2.05, 4.69) is 5.32 Å². The predicted octanol–water partition coefficient (Wildman–Crippen LogP) is 2.99. The van der Waals surface area contributed by atoms with E-state index in [9.17, 15) is 22.8 Å². The van der Waals surface area contributed by atoms with Crippen LogP contribution in [0.3, 0.4) is 0 Å². The van der Waals surface area contributed by atoms with Crippen LogP contribution >= 0.6 is 0 Å². The topological polar surface area (TPSA) is 66.4 Å². The van der Waals surface area contributed by atoms with Crippen LogP contribution in [0.2, 0.25) is 0 Å². The van der Waals surface area contributed by atoms with E-state index in [1.54, 1.807) is 13.8 Å². The van der Waals surface area contributed by atoms with Crippen LogP contribution in [0.4, 0.5) is 13.2 Å². The van der Waals surface area contributed by atoms with E-state index < -0.39 is 41.3 Å². The molecule has 0 saturated carbocycles. The Balaban J connectivity index is 2.95. The van der Waals surface area contributed by atoms with Crippen LogP contribution in [-0.2, 0) is 4.79 Å². The maximum Gasteiger partial charge on any atom is 0.326 e. The lowest BCUT2D eigenvalue weighted by Crippen LogP contribution is -2.45. The number of aliphatic carboxylic acids is 1. The van der Waals surface area contributed by atoms with Gasteiger partial charge in [0.25, 0.3) is 12.3 Å². The molecule has 0 spiro atoms. The Morgan fingerprint density at radius 1 is 1.33 bits per heavy atom. The van der Waals surface area contributed by atoms with Crippen LogP contribution < -0.4 is 5.32 Å². The Morgan fingerprint density at radius 3 is 2.38 bits per heavy atom. The number of hydrogen-bond donors (Lipinski definition) is 2. The monoisotopic (exact) mass is 303 g/mol. The zero-order valence-corrected chi connectivity index (χ0v) is 11.6. The van der Waals surface area contributed by atoms with Gasteiger partial charge in [0.1, 0.15) is 11.9 Å². The van der Waals surface area contributed by atoms with Gasteiger partial charge in [0.05, 0.1) is 5.56 Å². The number of benzene rings is 1. The molecule has 0 aromatic heterocycles. The van der Waals surface area contributed by atoms with Gasteiger partial charge in [-0.3, -0.25) is 4.79 Å². The van der Waals surface area contributed by atoms with Crippen molar-refractivity contribution in [3.8, 4) is 0 Å². The first-order valence-corrected chi connectivity index (χ1v) is 6.39. The highest BCUT2D eigenvalue weighted by Gasteiger charge is 2.27. The lowest BCUT2D eigenvalue weighted by molar-refractivity contribution is -0.140. The van der Waals surface area contributed by atoms with Gasteiger partial charge in [0, 0.05) is 5.56 Å². The molecule has 0 unspecified atom stereocenters. The van der Waals surface area contributed by atoms with E-state index in [1.165, 1.54) is 0 Å². The van der Waals surface area contributed by atoms with Crippen LogP contribution in [0, 0.1) is 11.7 Å². The van der Waals surface area contributed by atoms with Crippen molar-refractivity contribution >= 4 is 11.9 Å². The molecule has 21 heavy (non-hydrogen) atoms. The number of nitrogens with one attached hydrogen (secondary N) is 1. The summed E-state index contributed by atoms with van der Waals surface area (Å²) in [5.74, 6) is -3.64. The Hall–Kier alpha value is -2.05. The van der Waals surface area contributed by atoms with E-state index in [0.29, 0.717) is 12.5 Å². The maximum absolute atomic E-state index is 13.7. The highest BCUT2D eigenvalue weighted by molar-refractivity contribution is 5.96. The number of carboxylic acid groups (broad SMARTS) is 1. The van der Waals surface area contributed by atoms with Crippen molar-refractivity contribution in [2.24, 2.45) is 5.92 Å². The Morgan fingerprint density at radius 2 is 1.95 bits per heavy atom. The molecule has 7 heteroatoms. The molecule has 4 nitrogen and oxygen atoms in total. The van der Waals surface area contributed by atoms with Crippen LogP contribution in [0.1, 0.15) is 42.6 Å². The zero-order chi connectivity index (χ0) is 16.2. The predicted molar refractivity (Wildman–Crippen MR) is 69.7 cm³/mol. The standard InChI is InChI=1S/C14H16F3NO3/c1-3-7(2)11(14(20)21)18-13(19)9-5-4-8(12(16)17)6-10(9)15/h4-7,11-12H,3H2,1-2H3,(H,18,19)(H,20,21)/t7-,11-/m0/s1. The fourth-order valence-electron chi connectivity index (χ4n) is 1.75. The lowest BCUT2D eigenvalue weighted by Gasteiger charge is -2.20. The summed E-state index contributed by atoms with van der Waals surface area (Å²) in [5.41, 5.74) is -1.00. The van der Waals surface area contributed by atoms with Crippen molar-refractivity contribution < 1.29 is 27.9 Å². The Kier molecular flexibility index (Phi) is 5.75. The fourth-order valence-corrected chi connectivity index (χ4v) is 1.75. The number of carbonyl (C=O) groups is 2. The summed E-state index contributed by atoms with van der Waals surface area (Å²) in [6.45, 7) is 3.39. The smallest absolute Gasteiger partial charge is 0.326 e. The van der Waals surface area contributed by atoms with Gasteiger partial charge in [-0.05, 0) is 18.1 Å². The van der Waals surface area contributed by atoms with Crippen molar-refractivity contribution in [3.05, 3.63) is 35.1 Å². The minimum Gasteiger partial charge on any atom is -0.480 e. The van der Waals surface area contributed by atoms with Crippen LogP contribution in [0.25, 0.3) is 0 Å². The average Bonchev–Trinajstić information content (AvgIpc) is 2.42. The summed E-state index contributed by atoms with van der Waals surface area (Å²) < 4.78 is 38.5. The number of amides is 1. The summed E-state index contributed by atoms with van der Waals surface area (Å²) in [4.78, 5) is 23.0. The molecule has 2 N–H and O–H groups in total. The SMILES string of the molecule is CC[C@H](C)[C@H](NC(=O)c1ccc(C(F)F)cc1F)C(=O)O. The lowest BCUT2D eigenvalue weighted by atomic mass is 9.98. The second kappa shape index (κ2) is 7.10. The third kappa shape index (κ3) is 4.21. The third-order valence-electron chi connectivity index (χ3n) is 3.26. The molecule has 1 amide bonds. The third-order valence-corrected chi connectivity index (χ3v) is 3.26. The van der Waals surface area contributed by atoms with Crippen molar-refractivity contribution in [2.45, 2.75) is 32.7 Å². The summed E-state index contributed by atoms with van der Waals surface area (Å²) >= 11 is 0. The normalized spacial score (nSPS) is 13.8. The van der Waals surface area contributed by atoms with E-state index in [0.717, 1.165) is 12.1 Å². The zero-order valence-electron chi connectivity index (χ0n) is 11.6. The second-order valence-electron chi connectivity index (χ2n) is 4.71. The Labute approximate surface area is 120 Å². The molecule has 0 bridgehead atoms. The molecule has 0 aliphatic heterocycles. The van der Waals surface area contributed by atoms with Crippen molar-refractivity contribution in [1.82, 2.24) is 5.32 Å². The van der Waals surface area contributed by atoms with Crippen LogP contribution in [0.15, 0.2) is 18.2 Å². The molecule has 0 aliphatic carbocycles. The molecule has 0 aliphatic rings. The molecule has 2 atom stereocenters. The van der Waals surface area contributed by atoms with Gasteiger partial charge in [-0.15, -0.1) is 0 Å². The minimum absolute atomic E-state index is 0.352. The molecule has 0 fully saturated rings. The number of carbonyl (C=O) groups excluding carboxylic acids is 1. The number of halogens is 3. The van der Waals surface area contributed by atoms with Crippen LogP contribution in [0.5, 0.6) is 0 Å². The van der Waals surface area contributed by atoms with Gasteiger partial charge in [-0.1, -0.05) is 26.3 Å². The molecular weight excluding hydrogens is 287 g/mol. The Bertz CT molecular complexity index is 534. The first-order valence-electron chi connectivity index (χ1n) is 6.39. The van der Waals surface area contributed by atoms with E-state index >= 15 is 0 Å². The number of rotatable bonds is 6. The van der Waals surface area contributed by atoms with Crippen molar-refractivity contribution in [3.63, 3.8) is 0 Å². The van der Waals surface area contributed by atoms with Gasteiger partial charge >= 0.3 is 5.97 Å². The van der Waals surface area contributed by atoms with Gasteiger partial charge in [-0.25, -0.2) is 18.0 Å². The summed E-state index contributed by atoms with van der Waals surface area (Å²) in [7, 11) is 0. The maximum atomic E-state index is 13.7. The van der Waals surface area contributed by atoms with E-state index in [1.807, 2.05) is 0 Å². The summed E-state index contributed by atoms with van der Waals surface area (Å²) in [6.07, 6.45) is -2.34. The van der Waals surface area contributed by atoms with E-state index in [4.69, 9.17) is 5.11 Å². The van der Waals surface area contributed by atoms with Gasteiger partial charge < -0.3 is 10.4 Å².